The normalized spacial score (nSPS) is 12.5. The van der Waals surface area contributed by atoms with Crippen molar-refractivity contribution in [2.24, 2.45) is 0 Å². The summed E-state index contributed by atoms with van der Waals surface area (Å²) in [7, 11) is 0. The molecular weight excluding hydrogens is 305 g/mol. The van der Waals surface area contributed by atoms with Crippen LogP contribution in [0.1, 0.15) is 17.2 Å². The van der Waals surface area contributed by atoms with Crippen molar-refractivity contribution in [3.8, 4) is 0 Å². The SMILES string of the molecule is OCC(NCc1ccc(F)c(F)c1)c1cc(F)c(F)c(F)c1. The lowest BCUT2D eigenvalue weighted by Gasteiger charge is -2.17. The van der Waals surface area contributed by atoms with Crippen molar-refractivity contribution in [2.45, 2.75) is 12.6 Å². The Hall–Kier alpha value is -1.99. The molecule has 1 atom stereocenters. The molecule has 0 amide bonds. The predicted octanol–water partition coefficient (Wildman–Crippen LogP) is 3.21. The summed E-state index contributed by atoms with van der Waals surface area (Å²) in [5.74, 6) is -6.36. The van der Waals surface area contributed by atoms with Crippen molar-refractivity contribution >= 4 is 0 Å². The molecule has 118 valence electrons. The van der Waals surface area contributed by atoms with Gasteiger partial charge in [0.25, 0.3) is 0 Å². The highest BCUT2D eigenvalue weighted by molar-refractivity contribution is 5.24. The largest absolute Gasteiger partial charge is 0.394 e. The molecule has 22 heavy (non-hydrogen) atoms. The first kappa shape index (κ1) is 16.4. The molecule has 7 heteroatoms. The molecule has 0 saturated carbocycles. The maximum absolute atomic E-state index is 13.2. The fraction of sp³-hybridized carbons (Fsp3) is 0.200. The van der Waals surface area contributed by atoms with Crippen LogP contribution in [0.5, 0.6) is 0 Å². The summed E-state index contributed by atoms with van der Waals surface area (Å²) in [6.07, 6.45) is 0. The van der Waals surface area contributed by atoms with Crippen LogP contribution in [-0.2, 0) is 6.54 Å². The number of hydrogen-bond donors (Lipinski definition) is 2. The van der Waals surface area contributed by atoms with Gasteiger partial charge >= 0.3 is 0 Å². The Balaban J connectivity index is 2.14. The van der Waals surface area contributed by atoms with Gasteiger partial charge in [0.15, 0.2) is 29.1 Å². The van der Waals surface area contributed by atoms with E-state index in [1.54, 1.807) is 0 Å². The van der Waals surface area contributed by atoms with Crippen molar-refractivity contribution in [2.75, 3.05) is 6.61 Å². The molecule has 1 unspecified atom stereocenters. The monoisotopic (exact) mass is 317 g/mol. The molecule has 0 saturated heterocycles. The fourth-order valence-corrected chi connectivity index (χ4v) is 1.95. The van der Waals surface area contributed by atoms with E-state index in [-0.39, 0.29) is 12.1 Å². The molecule has 2 aromatic carbocycles. The maximum atomic E-state index is 13.2. The van der Waals surface area contributed by atoms with Crippen LogP contribution < -0.4 is 5.32 Å². The highest BCUT2D eigenvalue weighted by atomic mass is 19.2. The highest BCUT2D eigenvalue weighted by Gasteiger charge is 2.17. The van der Waals surface area contributed by atoms with Gasteiger partial charge in [-0.2, -0.15) is 0 Å². The van der Waals surface area contributed by atoms with E-state index in [1.807, 2.05) is 0 Å². The van der Waals surface area contributed by atoms with Gasteiger partial charge in [-0.25, -0.2) is 22.0 Å². The summed E-state index contributed by atoms with van der Waals surface area (Å²) >= 11 is 0. The lowest BCUT2D eigenvalue weighted by Crippen LogP contribution is -2.24. The second-order valence-electron chi connectivity index (χ2n) is 4.66. The van der Waals surface area contributed by atoms with E-state index in [2.05, 4.69) is 5.32 Å². The fourth-order valence-electron chi connectivity index (χ4n) is 1.95. The summed E-state index contributed by atoms with van der Waals surface area (Å²) in [6.45, 7) is -0.503. The van der Waals surface area contributed by atoms with Gasteiger partial charge in [0.1, 0.15) is 0 Å². The van der Waals surface area contributed by atoms with E-state index in [0.717, 1.165) is 24.3 Å². The molecule has 2 nitrogen and oxygen atoms in total. The summed E-state index contributed by atoms with van der Waals surface area (Å²) in [5, 5.41) is 12.0. The standard InChI is InChI=1S/C15H12F5NO/c16-10-2-1-8(3-11(10)17)6-21-14(7-22)9-4-12(18)15(20)13(19)5-9/h1-5,14,21-22H,6-7H2. The smallest absolute Gasteiger partial charge is 0.194 e. The van der Waals surface area contributed by atoms with Crippen LogP contribution in [0.4, 0.5) is 22.0 Å². The summed E-state index contributed by atoms with van der Waals surface area (Å²) in [6, 6.07) is 3.86. The third kappa shape index (κ3) is 3.61. The molecule has 0 heterocycles. The second kappa shape index (κ2) is 6.85. The van der Waals surface area contributed by atoms with Crippen LogP contribution in [0.15, 0.2) is 30.3 Å². The zero-order valence-corrected chi connectivity index (χ0v) is 11.2. The molecule has 2 N–H and O–H groups in total. The van der Waals surface area contributed by atoms with Crippen LogP contribution in [-0.4, -0.2) is 11.7 Å². The maximum Gasteiger partial charge on any atom is 0.194 e. The van der Waals surface area contributed by atoms with Crippen molar-refractivity contribution < 1.29 is 27.1 Å². The average molecular weight is 317 g/mol. The summed E-state index contributed by atoms with van der Waals surface area (Å²) < 4.78 is 65.1. The molecule has 2 aromatic rings. The second-order valence-corrected chi connectivity index (χ2v) is 4.66. The lowest BCUT2D eigenvalue weighted by atomic mass is 10.1. The Morgan fingerprint density at radius 3 is 2.05 bits per heavy atom. The molecule has 2 rings (SSSR count). The molecular formula is C15H12F5NO. The van der Waals surface area contributed by atoms with Gasteiger partial charge in [0.05, 0.1) is 12.6 Å². The molecule has 0 aliphatic rings. The quantitative estimate of drug-likeness (QED) is 0.656. The number of benzene rings is 2. The van der Waals surface area contributed by atoms with Gasteiger partial charge in [-0.1, -0.05) is 6.07 Å². The Morgan fingerprint density at radius 1 is 0.864 bits per heavy atom. The van der Waals surface area contributed by atoms with Crippen molar-refractivity contribution in [3.05, 3.63) is 70.5 Å². The first-order valence-corrected chi connectivity index (χ1v) is 6.35. The van der Waals surface area contributed by atoms with Crippen LogP contribution in [0.3, 0.4) is 0 Å². The summed E-state index contributed by atoms with van der Waals surface area (Å²) in [5.41, 5.74) is 0.377. The first-order valence-electron chi connectivity index (χ1n) is 6.35. The van der Waals surface area contributed by atoms with E-state index >= 15 is 0 Å². The van der Waals surface area contributed by atoms with Crippen molar-refractivity contribution in [1.82, 2.24) is 5.32 Å². The molecule has 0 aliphatic heterocycles. The van der Waals surface area contributed by atoms with E-state index in [9.17, 15) is 27.1 Å². The average Bonchev–Trinajstić information content (AvgIpc) is 2.48. The van der Waals surface area contributed by atoms with Gasteiger partial charge in [0.2, 0.25) is 0 Å². The lowest BCUT2D eigenvalue weighted by molar-refractivity contribution is 0.242. The molecule has 0 bridgehead atoms. The van der Waals surface area contributed by atoms with Crippen LogP contribution >= 0.6 is 0 Å². The van der Waals surface area contributed by atoms with Gasteiger partial charge in [0, 0.05) is 6.54 Å². The topological polar surface area (TPSA) is 32.3 Å². The van der Waals surface area contributed by atoms with Gasteiger partial charge in [-0.15, -0.1) is 0 Å². The molecule has 0 fully saturated rings. The van der Waals surface area contributed by atoms with E-state index in [1.165, 1.54) is 6.07 Å². The number of hydrogen-bond acceptors (Lipinski definition) is 2. The Bertz CT molecular complexity index is 654. The zero-order chi connectivity index (χ0) is 16.3. The van der Waals surface area contributed by atoms with E-state index < -0.39 is 41.7 Å². The zero-order valence-electron chi connectivity index (χ0n) is 11.2. The summed E-state index contributed by atoms with van der Waals surface area (Å²) in [4.78, 5) is 0. The molecule has 0 spiro atoms. The predicted molar refractivity (Wildman–Crippen MR) is 69.3 cm³/mol. The van der Waals surface area contributed by atoms with Crippen LogP contribution in [0.2, 0.25) is 0 Å². The number of nitrogens with one attached hydrogen (secondary N) is 1. The first-order chi connectivity index (χ1) is 10.4. The Labute approximate surface area is 123 Å². The molecule has 0 radical (unpaired) electrons. The third-order valence-electron chi connectivity index (χ3n) is 3.13. The minimum absolute atomic E-state index is 0.00137. The number of aliphatic hydroxyl groups is 1. The molecule has 0 aliphatic carbocycles. The van der Waals surface area contributed by atoms with Crippen molar-refractivity contribution in [1.29, 1.82) is 0 Å². The molecule has 0 aromatic heterocycles. The third-order valence-corrected chi connectivity index (χ3v) is 3.13. The van der Waals surface area contributed by atoms with Gasteiger partial charge < -0.3 is 10.4 Å². The van der Waals surface area contributed by atoms with Crippen LogP contribution in [0, 0.1) is 29.1 Å². The minimum atomic E-state index is -1.60. The number of aliphatic hydroxyl groups excluding tert-OH is 1. The minimum Gasteiger partial charge on any atom is -0.394 e. The Kier molecular flexibility index (Phi) is 5.10. The van der Waals surface area contributed by atoms with Gasteiger partial charge in [-0.05, 0) is 35.4 Å². The Morgan fingerprint density at radius 2 is 1.50 bits per heavy atom. The van der Waals surface area contributed by atoms with E-state index in [4.69, 9.17) is 0 Å². The van der Waals surface area contributed by atoms with Gasteiger partial charge in [-0.3, -0.25) is 0 Å². The number of rotatable bonds is 5. The number of halogens is 5. The van der Waals surface area contributed by atoms with Crippen molar-refractivity contribution in [3.63, 3.8) is 0 Å². The van der Waals surface area contributed by atoms with E-state index in [0.29, 0.717) is 5.56 Å². The highest BCUT2D eigenvalue weighted by Crippen LogP contribution is 2.20. The van der Waals surface area contributed by atoms with Crippen LogP contribution in [0.25, 0.3) is 0 Å².